The van der Waals surface area contributed by atoms with Gasteiger partial charge >= 0.3 is 6.09 Å². The lowest BCUT2D eigenvalue weighted by atomic mass is 10.1. The number of nitriles is 1. The van der Waals surface area contributed by atoms with E-state index in [9.17, 15) is 15.2 Å². The standard InChI is InChI=1S/C24H26N4O4/c1-6-8-18-21(29)19(15-25)20-13-14-26-28(20)22(18)27(23(30)32-24(3,4)5)16-9-11-17(12-10-16)31-7-2/h6,9-14,29H,1,7-8H2,2-5H3. The molecule has 1 aromatic carbocycles. The van der Waals surface area contributed by atoms with Crippen molar-refractivity contribution in [2.45, 2.75) is 39.7 Å². The summed E-state index contributed by atoms with van der Waals surface area (Å²) in [6, 6.07) is 10.5. The van der Waals surface area contributed by atoms with E-state index in [1.807, 2.05) is 13.0 Å². The van der Waals surface area contributed by atoms with E-state index in [1.165, 1.54) is 15.6 Å². The second-order valence-corrected chi connectivity index (χ2v) is 8.00. The molecule has 0 unspecified atom stereocenters. The predicted octanol–water partition coefficient (Wildman–Crippen LogP) is 5.11. The van der Waals surface area contributed by atoms with Crippen LogP contribution in [-0.2, 0) is 11.2 Å². The molecule has 1 N–H and O–H groups in total. The Balaban J connectivity index is 2.32. The van der Waals surface area contributed by atoms with Gasteiger partial charge in [0.25, 0.3) is 0 Å². The number of rotatable bonds is 6. The highest BCUT2D eigenvalue weighted by Crippen LogP contribution is 2.39. The number of aromatic hydroxyl groups is 1. The molecule has 0 fully saturated rings. The zero-order valence-corrected chi connectivity index (χ0v) is 18.6. The molecule has 1 amide bonds. The summed E-state index contributed by atoms with van der Waals surface area (Å²) in [6.45, 7) is 11.5. The van der Waals surface area contributed by atoms with Crippen LogP contribution < -0.4 is 9.64 Å². The number of fused-ring (bicyclic) bond motifs is 1. The molecule has 166 valence electrons. The van der Waals surface area contributed by atoms with E-state index in [0.29, 0.717) is 29.1 Å². The molecule has 0 spiro atoms. The molecule has 8 nitrogen and oxygen atoms in total. The third kappa shape index (κ3) is 4.37. The number of hydrogen-bond acceptors (Lipinski definition) is 6. The molecule has 3 aromatic rings. The lowest BCUT2D eigenvalue weighted by Crippen LogP contribution is -2.35. The molecule has 0 saturated heterocycles. The Bertz CT molecular complexity index is 1180. The van der Waals surface area contributed by atoms with E-state index in [-0.39, 0.29) is 23.6 Å². The number of carbonyl (C=O) groups excluding carboxylic acids is 1. The summed E-state index contributed by atoms with van der Waals surface area (Å²) in [5.74, 6) is 0.688. The van der Waals surface area contributed by atoms with Crippen LogP contribution in [0, 0.1) is 11.3 Å². The fraction of sp³-hybridized carbons (Fsp3) is 0.292. The maximum atomic E-state index is 13.4. The van der Waals surface area contributed by atoms with Crippen molar-refractivity contribution in [1.29, 1.82) is 5.26 Å². The van der Waals surface area contributed by atoms with Crippen LogP contribution in [0.4, 0.5) is 16.3 Å². The molecule has 0 aliphatic heterocycles. The molecular weight excluding hydrogens is 408 g/mol. The number of ether oxygens (including phenoxy) is 2. The second kappa shape index (κ2) is 9.02. The highest BCUT2D eigenvalue weighted by atomic mass is 16.6. The molecule has 0 aliphatic carbocycles. The van der Waals surface area contributed by atoms with Crippen LogP contribution in [-0.4, -0.2) is 33.0 Å². The van der Waals surface area contributed by atoms with Gasteiger partial charge in [0.15, 0.2) is 5.82 Å². The van der Waals surface area contributed by atoms with Gasteiger partial charge in [0.05, 0.1) is 24.0 Å². The van der Waals surface area contributed by atoms with Crippen LogP contribution in [0.1, 0.15) is 38.8 Å². The van der Waals surface area contributed by atoms with Crippen molar-refractivity contribution in [3.05, 3.63) is 60.3 Å². The van der Waals surface area contributed by atoms with Crippen molar-refractivity contribution >= 4 is 23.1 Å². The third-order valence-corrected chi connectivity index (χ3v) is 4.55. The first-order valence-corrected chi connectivity index (χ1v) is 10.2. The molecule has 2 aromatic heterocycles. The summed E-state index contributed by atoms with van der Waals surface area (Å²) in [6.07, 6.45) is 2.62. The van der Waals surface area contributed by atoms with Crippen molar-refractivity contribution < 1.29 is 19.4 Å². The van der Waals surface area contributed by atoms with E-state index < -0.39 is 11.7 Å². The van der Waals surface area contributed by atoms with E-state index in [2.05, 4.69) is 11.7 Å². The van der Waals surface area contributed by atoms with Gasteiger partial charge in [-0.05, 0) is 64.4 Å². The highest BCUT2D eigenvalue weighted by Gasteiger charge is 2.31. The van der Waals surface area contributed by atoms with Gasteiger partial charge in [-0.25, -0.2) is 14.2 Å². The average Bonchev–Trinajstić information content (AvgIpc) is 3.20. The first kappa shape index (κ1) is 22.7. The quantitative estimate of drug-likeness (QED) is 0.541. The molecular formula is C24H26N4O4. The number of nitrogens with zero attached hydrogens (tertiary/aromatic N) is 4. The molecule has 8 heteroatoms. The molecule has 0 bridgehead atoms. The Kier molecular flexibility index (Phi) is 6.40. The van der Waals surface area contributed by atoms with Crippen LogP contribution in [0.25, 0.3) is 5.52 Å². The lowest BCUT2D eigenvalue weighted by Gasteiger charge is -2.29. The third-order valence-electron chi connectivity index (χ3n) is 4.55. The van der Waals surface area contributed by atoms with Gasteiger partial charge in [-0.15, -0.1) is 6.58 Å². The van der Waals surface area contributed by atoms with Crippen LogP contribution in [0.15, 0.2) is 49.2 Å². The minimum atomic E-state index is -0.767. The summed E-state index contributed by atoms with van der Waals surface area (Å²) < 4.78 is 12.7. The van der Waals surface area contributed by atoms with Crippen molar-refractivity contribution in [1.82, 2.24) is 9.61 Å². The topological polar surface area (TPSA) is 100 Å². The van der Waals surface area contributed by atoms with Crippen molar-refractivity contribution in [2.24, 2.45) is 0 Å². The van der Waals surface area contributed by atoms with Crippen LogP contribution in [0.3, 0.4) is 0 Å². The molecule has 0 saturated carbocycles. The molecule has 32 heavy (non-hydrogen) atoms. The number of anilines is 2. The first-order valence-electron chi connectivity index (χ1n) is 10.2. The predicted molar refractivity (Wildman–Crippen MR) is 121 cm³/mol. The van der Waals surface area contributed by atoms with Gasteiger partial charge in [0.1, 0.15) is 28.7 Å². The number of benzene rings is 1. The molecule has 0 atom stereocenters. The van der Waals surface area contributed by atoms with E-state index >= 15 is 0 Å². The number of amides is 1. The maximum absolute atomic E-state index is 13.4. The summed E-state index contributed by atoms with van der Waals surface area (Å²) in [4.78, 5) is 14.8. The highest BCUT2D eigenvalue weighted by molar-refractivity contribution is 5.97. The summed E-state index contributed by atoms with van der Waals surface area (Å²) in [7, 11) is 0. The van der Waals surface area contributed by atoms with Crippen molar-refractivity contribution in [3.8, 4) is 17.6 Å². The smallest absolute Gasteiger partial charge is 0.420 e. The Morgan fingerprint density at radius 1 is 1.31 bits per heavy atom. The number of aromatic nitrogens is 2. The number of pyridine rings is 1. The Hall–Kier alpha value is -3.99. The average molecular weight is 434 g/mol. The Morgan fingerprint density at radius 3 is 2.56 bits per heavy atom. The summed E-state index contributed by atoms with van der Waals surface area (Å²) >= 11 is 0. The van der Waals surface area contributed by atoms with Crippen molar-refractivity contribution in [3.63, 3.8) is 0 Å². The molecule has 2 heterocycles. The normalized spacial score (nSPS) is 11.1. The number of carbonyl (C=O) groups is 1. The largest absolute Gasteiger partial charge is 0.506 e. The Labute approximate surface area is 186 Å². The number of hydrogen-bond donors (Lipinski definition) is 1. The summed E-state index contributed by atoms with van der Waals surface area (Å²) in [5.41, 5.74) is 0.476. The fourth-order valence-corrected chi connectivity index (χ4v) is 3.32. The van der Waals surface area contributed by atoms with E-state index in [4.69, 9.17) is 9.47 Å². The van der Waals surface area contributed by atoms with Crippen molar-refractivity contribution in [2.75, 3.05) is 11.5 Å². The first-order chi connectivity index (χ1) is 15.2. The Morgan fingerprint density at radius 2 is 2.00 bits per heavy atom. The molecule has 3 rings (SSSR count). The van der Waals surface area contributed by atoms with Gasteiger partial charge in [-0.2, -0.15) is 10.4 Å². The minimum Gasteiger partial charge on any atom is -0.506 e. The minimum absolute atomic E-state index is 0.0685. The van der Waals surface area contributed by atoms with Gasteiger partial charge in [-0.3, -0.25) is 0 Å². The molecule has 0 aliphatic rings. The van der Waals surface area contributed by atoms with Crippen LogP contribution in [0.5, 0.6) is 11.5 Å². The van der Waals surface area contributed by atoms with Gasteiger partial charge < -0.3 is 14.6 Å². The van der Waals surface area contributed by atoms with Crippen LogP contribution in [0.2, 0.25) is 0 Å². The zero-order chi connectivity index (χ0) is 23.5. The monoisotopic (exact) mass is 434 g/mol. The van der Waals surface area contributed by atoms with Gasteiger partial charge in [0.2, 0.25) is 0 Å². The number of allylic oxidation sites excluding steroid dienone is 1. The summed E-state index contributed by atoms with van der Waals surface area (Å²) in [5, 5.41) is 24.9. The van der Waals surface area contributed by atoms with E-state index in [1.54, 1.807) is 57.2 Å². The second-order valence-electron chi connectivity index (χ2n) is 8.00. The van der Waals surface area contributed by atoms with Gasteiger partial charge in [-0.1, -0.05) is 6.08 Å². The van der Waals surface area contributed by atoms with Crippen LogP contribution >= 0.6 is 0 Å². The van der Waals surface area contributed by atoms with Gasteiger partial charge in [0, 0.05) is 5.56 Å². The fourth-order valence-electron chi connectivity index (χ4n) is 3.32. The molecule has 0 radical (unpaired) electrons. The maximum Gasteiger partial charge on any atom is 0.420 e. The van der Waals surface area contributed by atoms with E-state index in [0.717, 1.165) is 0 Å². The lowest BCUT2D eigenvalue weighted by molar-refractivity contribution is 0.0597. The SMILES string of the molecule is C=CCc1c(O)c(C#N)c2ccnn2c1N(C(=O)OC(C)(C)C)c1ccc(OCC)cc1. The zero-order valence-electron chi connectivity index (χ0n) is 18.6.